The minimum Gasteiger partial charge on any atom is -0.315 e. The van der Waals surface area contributed by atoms with Crippen molar-refractivity contribution in [3.8, 4) is 0 Å². The minimum atomic E-state index is -0.268. The Morgan fingerprint density at radius 2 is 2.24 bits per heavy atom. The van der Waals surface area contributed by atoms with Gasteiger partial charge in [0.25, 0.3) is 0 Å². The molecule has 0 radical (unpaired) electrons. The molecule has 17 heavy (non-hydrogen) atoms. The van der Waals surface area contributed by atoms with Crippen LogP contribution >= 0.6 is 27.3 Å². The average Bonchev–Trinajstić information content (AvgIpc) is 2.70. The van der Waals surface area contributed by atoms with E-state index in [1.165, 1.54) is 6.07 Å². The molecule has 0 aliphatic carbocycles. The zero-order valence-corrected chi connectivity index (χ0v) is 11.2. The summed E-state index contributed by atoms with van der Waals surface area (Å²) in [6, 6.07) is 4.88. The molecule has 0 atom stereocenters. The van der Waals surface area contributed by atoms with E-state index in [9.17, 15) is 9.18 Å². The van der Waals surface area contributed by atoms with Crippen molar-refractivity contribution >= 4 is 27.3 Å². The highest BCUT2D eigenvalue weighted by Gasteiger charge is 2.01. The van der Waals surface area contributed by atoms with Crippen molar-refractivity contribution in [3.63, 3.8) is 0 Å². The number of hydrogen-bond acceptors (Lipinski definition) is 3. The molecule has 2 N–H and O–H groups in total. The maximum Gasteiger partial charge on any atom is 0.304 e. The van der Waals surface area contributed by atoms with Gasteiger partial charge in [-0.1, -0.05) is 17.4 Å². The highest BCUT2D eigenvalue weighted by molar-refractivity contribution is 9.10. The van der Waals surface area contributed by atoms with Gasteiger partial charge in [-0.3, -0.25) is 4.79 Å². The molecule has 0 aliphatic heterocycles. The molecular weight excluding hydrogens is 307 g/mol. The van der Waals surface area contributed by atoms with Crippen LogP contribution in [0.25, 0.3) is 0 Å². The Kier molecular flexibility index (Phi) is 4.09. The van der Waals surface area contributed by atoms with Gasteiger partial charge >= 0.3 is 4.87 Å². The molecule has 1 heterocycles. The lowest BCUT2D eigenvalue weighted by Gasteiger charge is -2.04. The minimum absolute atomic E-state index is 0.0497. The number of benzene rings is 1. The second kappa shape index (κ2) is 5.57. The van der Waals surface area contributed by atoms with Crippen LogP contribution in [0.3, 0.4) is 0 Å². The van der Waals surface area contributed by atoms with Crippen molar-refractivity contribution in [2.24, 2.45) is 0 Å². The lowest BCUT2D eigenvalue weighted by atomic mass is 10.2. The van der Waals surface area contributed by atoms with Gasteiger partial charge in [0.1, 0.15) is 5.82 Å². The van der Waals surface area contributed by atoms with Crippen LogP contribution in [0.15, 0.2) is 32.8 Å². The average molecular weight is 317 g/mol. The predicted molar refractivity (Wildman–Crippen MR) is 69.6 cm³/mol. The van der Waals surface area contributed by atoms with Crippen LogP contribution in [0.4, 0.5) is 4.39 Å². The number of rotatable bonds is 4. The van der Waals surface area contributed by atoms with Crippen LogP contribution in [0.1, 0.15) is 11.3 Å². The zero-order chi connectivity index (χ0) is 12.3. The van der Waals surface area contributed by atoms with Gasteiger partial charge in [-0.05, 0) is 33.6 Å². The third-order valence-electron chi connectivity index (χ3n) is 2.20. The lowest BCUT2D eigenvalue weighted by molar-refractivity contribution is 0.617. The van der Waals surface area contributed by atoms with Crippen LogP contribution in [0, 0.1) is 5.82 Å². The molecular formula is C11H10BrFN2OS. The molecule has 1 aromatic heterocycles. The second-order valence-corrected chi connectivity index (χ2v) is 5.22. The summed E-state index contributed by atoms with van der Waals surface area (Å²) in [4.78, 5) is 13.6. The zero-order valence-electron chi connectivity index (χ0n) is 8.80. The van der Waals surface area contributed by atoms with E-state index in [1.807, 2.05) is 0 Å². The van der Waals surface area contributed by atoms with Gasteiger partial charge in [-0.15, -0.1) is 0 Å². The summed E-state index contributed by atoms with van der Waals surface area (Å²) >= 11 is 4.28. The van der Waals surface area contributed by atoms with Gasteiger partial charge < -0.3 is 10.3 Å². The number of thiazole rings is 1. The molecule has 3 nitrogen and oxygen atoms in total. The fourth-order valence-corrected chi connectivity index (χ4v) is 2.40. The summed E-state index contributed by atoms with van der Waals surface area (Å²) in [5.41, 5.74) is 1.84. The molecule has 0 spiro atoms. The quantitative estimate of drug-likeness (QED) is 0.910. The molecule has 0 saturated heterocycles. The van der Waals surface area contributed by atoms with Crippen molar-refractivity contribution in [2.45, 2.75) is 13.1 Å². The van der Waals surface area contributed by atoms with Crippen LogP contribution in [0.2, 0.25) is 0 Å². The van der Waals surface area contributed by atoms with Gasteiger partial charge in [0.2, 0.25) is 0 Å². The Morgan fingerprint density at radius 3 is 2.88 bits per heavy atom. The van der Waals surface area contributed by atoms with Gasteiger partial charge in [0.05, 0.1) is 4.47 Å². The summed E-state index contributed by atoms with van der Waals surface area (Å²) in [5, 5.41) is 4.96. The normalized spacial score (nSPS) is 10.7. The van der Waals surface area contributed by atoms with Crippen LogP contribution in [-0.2, 0) is 13.1 Å². The van der Waals surface area contributed by atoms with E-state index in [0.717, 1.165) is 22.6 Å². The summed E-state index contributed by atoms with van der Waals surface area (Å²) in [5.74, 6) is -0.268. The third kappa shape index (κ3) is 3.49. The lowest BCUT2D eigenvalue weighted by Crippen LogP contribution is -2.13. The molecule has 0 fully saturated rings. The van der Waals surface area contributed by atoms with Gasteiger partial charge in [0, 0.05) is 24.2 Å². The van der Waals surface area contributed by atoms with Crippen molar-refractivity contribution in [2.75, 3.05) is 0 Å². The molecule has 0 bridgehead atoms. The van der Waals surface area contributed by atoms with Crippen molar-refractivity contribution in [1.29, 1.82) is 0 Å². The first-order valence-corrected chi connectivity index (χ1v) is 6.64. The third-order valence-corrected chi connectivity index (χ3v) is 3.53. The molecule has 0 aliphatic rings. The maximum absolute atomic E-state index is 13.0. The number of H-pyrrole nitrogens is 1. The number of nitrogens with one attached hydrogen (secondary N) is 2. The Morgan fingerprint density at radius 1 is 1.41 bits per heavy atom. The molecule has 2 aromatic rings. The predicted octanol–water partition coefficient (Wildman–Crippen LogP) is 2.63. The molecule has 1 aromatic carbocycles. The van der Waals surface area contributed by atoms with Gasteiger partial charge in [-0.25, -0.2) is 4.39 Å². The maximum atomic E-state index is 13.0. The largest absolute Gasteiger partial charge is 0.315 e. The Bertz CT molecular complexity index is 567. The highest BCUT2D eigenvalue weighted by atomic mass is 79.9. The molecule has 2 rings (SSSR count). The highest BCUT2D eigenvalue weighted by Crippen LogP contribution is 2.16. The molecule has 90 valence electrons. The van der Waals surface area contributed by atoms with Crippen LogP contribution in [0.5, 0.6) is 0 Å². The summed E-state index contributed by atoms with van der Waals surface area (Å²) in [6.07, 6.45) is 0. The van der Waals surface area contributed by atoms with Gasteiger partial charge in [-0.2, -0.15) is 0 Å². The van der Waals surface area contributed by atoms with E-state index in [0.29, 0.717) is 17.6 Å². The topological polar surface area (TPSA) is 44.9 Å². The number of hydrogen-bond donors (Lipinski definition) is 2. The molecule has 0 amide bonds. The summed E-state index contributed by atoms with van der Waals surface area (Å²) in [7, 11) is 0. The fraction of sp³-hybridized carbons (Fsp3) is 0.182. The standard InChI is InChI=1S/C11H10BrFN2OS/c12-9-3-7(1-2-10(9)13)4-14-5-8-6-17-11(16)15-8/h1-3,6,14H,4-5H2,(H,15,16). The van der Waals surface area contributed by atoms with E-state index in [1.54, 1.807) is 17.5 Å². The summed E-state index contributed by atoms with van der Waals surface area (Å²) in [6.45, 7) is 1.21. The first-order chi connectivity index (χ1) is 8.15. The Balaban J connectivity index is 1.89. The smallest absolute Gasteiger partial charge is 0.304 e. The first-order valence-electron chi connectivity index (χ1n) is 4.96. The molecule has 0 unspecified atom stereocenters. The van der Waals surface area contributed by atoms with Crippen molar-refractivity contribution in [1.82, 2.24) is 10.3 Å². The second-order valence-electron chi connectivity index (χ2n) is 3.53. The van der Waals surface area contributed by atoms with E-state index in [4.69, 9.17) is 0 Å². The van der Waals surface area contributed by atoms with Crippen molar-refractivity contribution in [3.05, 3.63) is 54.8 Å². The SMILES string of the molecule is O=c1[nH]c(CNCc2ccc(F)c(Br)c2)cs1. The van der Waals surface area contributed by atoms with E-state index < -0.39 is 0 Å². The Labute approximate surface area is 110 Å². The van der Waals surface area contributed by atoms with Crippen LogP contribution < -0.4 is 10.2 Å². The van der Waals surface area contributed by atoms with Crippen molar-refractivity contribution < 1.29 is 4.39 Å². The number of aromatic amines is 1. The monoisotopic (exact) mass is 316 g/mol. The van der Waals surface area contributed by atoms with Gasteiger partial charge in [0.15, 0.2) is 0 Å². The van der Waals surface area contributed by atoms with E-state index in [-0.39, 0.29) is 10.7 Å². The van der Waals surface area contributed by atoms with Crippen LogP contribution in [-0.4, -0.2) is 4.98 Å². The molecule has 0 saturated carbocycles. The molecule has 6 heteroatoms. The Hall–Kier alpha value is -0.980. The van der Waals surface area contributed by atoms with E-state index in [2.05, 4.69) is 26.2 Å². The number of aromatic nitrogens is 1. The first kappa shape index (κ1) is 12.5. The van der Waals surface area contributed by atoms with E-state index >= 15 is 0 Å². The summed E-state index contributed by atoms with van der Waals surface area (Å²) < 4.78 is 13.4. The fourth-order valence-electron chi connectivity index (χ4n) is 1.39. The number of halogens is 2.